The first-order valence-corrected chi connectivity index (χ1v) is 12.9. The van der Waals surface area contributed by atoms with Crippen molar-refractivity contribution in [3.8, 4) is 11.3 Å². The third-order valence-electron chi connectivity index (χ3n) is 5.57. The first kappa shape index (κ1) is 28.0. The zero-order chi connectivity index (χ0) is 27.2. The topological polar surface area (TPSA) is 113 Å². The highest BCUT2D eigenvalue weighted by molar-refractivity contribution is 8.00. The van der Waals surface area contributed by atoms with Gasteiger partial charge in [0.2, 0.25) is 5.95 Å². The van der Waals surface area contributed by atoms with Crippen LogP contribution in [0.25, 0.3) is 11.3 Å². The fourth-order valence-electron chi connectivity index (χ4n) is 3.76. The van der Waals surface area contributed by atoms with Gasteiger partial charge < -0.3 is 15.2 Å². The van der Waals surface area contributed by atoms with E-state index in [4.69, 9.17) is 14.7 Å². The molecule has 3 rings (SSSR count). The van der Waals surface area contributed by atoms with Crippen molar-refractivity contribution in [3.63, 3.8) is 0 Å². The number of carbonyl (C=O) groups excluding carboxylic acids is 1. The largest absolute Gasteiger partial charge is 0.478 e. The quantitative estimate of drug-likeness (QED) is 0.270. The van der Waals surface area contributed by atoms with Gasteiger partial charge in [0, 0.05) is 28.6 Å². The number of nitrogens with zero attached hydrogens (tertiary/aromatic N) is 2. The number of hydrogen-bond donors (Lipinski definition) is 3. The van der Waals surface area contributed by atoms with Crippen molar-refractivity contribution in [1.82, 2.24) is 15.3 Å². The number of hydrogen-bond acceptors (Lipinski definition) is 7. The number of carboxylic acids is 1. The van der Waals surface area contributed by atoms with Crippen LogP contribution in [0.1, 0.15) is 67.2 Å². The number of benzene rings is 2. The van der Waals surface area contributed by atoms with E-state index in [1.165, 1.54) is 11.9 Å². The Morgan fingerprint density at radius 1 is 1.05 bits per heavy atom. The van der Waals surface area contributed by atoms with Gasteiger partial charge >= 0.3 is 12.1 Å². The first-order valence-electron chi connectivity index (χ1n) is 12.1. The van der Waals surface area contributed by atoms with Gasteiger partial charge in [-0.1, -0.05) is 31.2 Å². The first-order chi connectivity index (χ1) is 17.4. The van der Waals surface area contributed by atoms with Crippen molar-refractivity contribution in [1.29, 1.82) is 0 Å². The Morgan fingerprint density at radius 2 is 1.73 bits per heavy atom. The Balaban J connectivity index is 1.84. The minimum atomic E-state index is -0.980. The fraction of sp³-hybridized carbons (Fsp3) is 0.357. The summed E-state index contributed by atoms with van der Waals surface area (Å²) >= 11 is 1.25. The summed E-state index contributed by atoms with van der Waals surface area (Å²) in [6, 6.07) is 14.8. The lowest BCUT2D eigenvalue weighted by atomic mass is 9.97. The molecule has 0 aliphatic rings. The lowest BCUT2D eigenvalue weighted by Crippen LogP contribution is -2.33. The van der Waals surface area contributed by atoms with E-state index in [9.17, 15) is 14.7 Å². The minimum Gasteiger partial charge on any atom is -0.478 e. The van der Waals surface area contributed by atoms with Crippen LogP contribution >= 0.6 is 11.9 Å². The minimum absolute atomic E-state index is 0.0295. The number of amides is 1. The van der Waals surface area contributed by atoms with Crippen LogP contribution in [0.5, 0.6) is 0 Å². The summed E-state index contributed by atoms with van der Waals surface area (Å²) < 4.78 is 8.50. The Bertz CT molecular complexity index is 1250. The van der Waals surface area contributed by atoms with Gasteiger partial charge in [-0.2, -0.15) is 0 Å². The highest BCUT2D eigenvalue weighted by atomic mass is 32.2. The molecule has 3 N–H and O–H groups in total. The number of rotatable bonds is 9. The van der Waals surface area contributed by atoms with Crippen molar-refractivity contribution < 1.29 is 19.4 Å². The number of aryl methyl sites for hydroxylation is 2. The van der Waals surface area contributed by atoms with Gasteiger partial charge in [-0.15, -0.1) is 0 Å². The number of aromatic nitrogens is 2. The molecule has 0 spiro atoms. The summed E-state index contributed by atoms with van der Waals surface area (Å²) in [6.07, 6.45) is 0.219. The molecule has 0 radical (unpaired) electrons. The second-order valence-electron chi connectivity index (χ2n) is 9.92. The molecule has 0 bridgehead atoms. The van der Waals surface area contributed by atoms with Crippen molar-refractivity contribution >= 4 is 30.0 Å². The second kappa shape index (κ2) is 12.1. The van der Waals surface area contributed by atoms with E-state index in [0.29, 0.717) is 18.9 Å². The van der Waals surface area contributed by atoms with Gasteiger partial charge in [0.15, 0.2) is 0 Å². The van der Waals surface area contributed by atoms with E-state index in [1.54, 1.807) is 18.2 Å². The summed E-state index contributed by atoms with van der Waals surface area (Å²) in [6.45, 7) is 12.1. The Labute approximate surface area is 222 Å². The molecule has 0 saturated carbocycles. The van der Waals surface area contributed by atoms with Crippen molar-refractivity contribution in [2.75, 3.05) is 11.3 Å². The Kier molecular flexibility index (Phi) is 9.15. The van der Waals surface area contributed by atoms with Crippen molar-refractivity contribution in [2.45, 2.75) is 64.4 Å². The molecule has 1 heterocycles. The third kappa shape index (κ3) is 8.21. The predicted octanol–water partition coefficient (Wildman–Crippen LogP) is 6.60. The maximum absolute atomic E-state index is 12.0. The number of nitrogens with one attached hydrogen (secondary N) is 2. The average molecular weight is 523 g/mol. The SMILES string of the molecule is Cc1cccc(C)c1-c1cc(C(C)CCNC(=O)OC(C)(C)C)nc(NSc2cccc(C(=O)O)c2)n1. The van der Waals surface area contributed by atoms with E-state index in [2.05, 4.69) is 42.9 Å². The van der Waals surface area contributed by atoms with Crippen molar-refractivity contribution in [2.24, 2.45) is 0 Å². The highest BCUT2D eigenvalue weighted by Gasteiger charge is 2.18. The van der Waals surface area contributed by atoms with E-state index < -0.39 is 17.7 Å². The standard InChI is InChI=1S/C28H34N4O4S/c1-17(13-14-29-27(35)36-28(4,5)6)22-16-23(24-18(2)9-7-10-19(24)3)31-26(30-22)32-37-21-12-8-11-20(15-21)25(33)34/h7-12,15-17H,13-14H2,1-6H3,(H,29,35)(H,33,34)(H,30,31,32). The number of ether oxygens (including phenoxy) is 1. The van der Waals surface area contributed by atoms with Crippen LogP contribution in [-0.2, 0) is 4.74 Å². The summed E-state index contributed by atoms with van der Waals surface area (Å²) in [4.78, 5) is 33.6. The molecule has 9 heteroatoms. The van der Waals surface area contributed by atoms with Crippen LogP contribution in [0.4, 0.5) is 10.7 Å². The van der Waals surface area contributed by atoms with Crippen LogP contribution in [0, 0.1) is 13.8 Å². The van der Waals surface area contributed by atoms with E-state index in [-0.39, 0.29) is 11.5 Å². The summed E-state index contributed by atoms with van der Waals surface area (Å²) in [7, 11) is 0. The summed E-state index contributed by atoms with van der Waals surface area (Å²) in [5.74, 6) is -0.526. The molecule has 0 saturated heterocycles. The zero-order valence-electron chi connectivity index (χ0n) is 22.1. The summed E-state index contributed by atoms with van der Waals surface area (Å²) in [5.41, 5.74) is 4.56. The van der Waals surface area contributed by atoms with E-state index >= 15 is 0 Å². The fourth-order valence-corrected chi connectivity index (χ4v) is 4.39. The molecule has 8 nitrogen and oxygen atoms in total. The molecule has 1 aromatic heterocycles. The molecular weight excluding hydrogens is 488 g/mol. The van der Waals surface area contributed by atoms with Gasteiger partial charge in [0.1, 0.15) is 5.60 Å². The molecule has 3 aromatic rings. The van der Waals surface area contributed by atoms with Crippen LogP contribution in [0.15, 0.2) is 53.4 Å². The molecule has 37 heavy (non-hydrogen) atoms. The third-order valence-corrected chi connectivity index (χ3v) is 6.35. The lowest BCUT2D eigenvalue weighted by molar-refractivity contribution is 0.0526. The molecule has 0 aliphatic heterocycles. The van der Waals surface area contributed by atoms with E-state index in [1.807, 2.05) is 39.0 Å². The summed E-state index contributed by atoms with van der Waals surface area (Å²) in [5, 5.41) is 12.1. The molecule has 0 fully saturated rings. The van der Waals surface area contributed by atoms with Gasteiger partial charge in [0.05, 0.1) is 11.3 Å². The molecular formula is C28H34N4O4S. The molecule has 1 amide bonds. The second-order valence-corrected chi connectivity index (χ2v) is 10.8. The molecule has 2 aromatic carbocycles. The lowest BCUT2D eigenvalue weighted by Gasteiger charge is -2.20. The number of alkyl carbamates (subject to hydrolysis) is 1. The maximum atomic E-state index is 12.0. The van der Waals surface area contributed by atoms with Crippen molar-refractivity contribution in [3.05, 3.63) is 70.9 Å². The predicted molar refractivity (Wildman–Crippen MR) is 147 cm³/mol. The van der Waals surface area contributed by atoms with Gasteiger partial charge in [-0.25, -0.2) is 19.6 Å². The Hall–Kier alpha value is -3.59. The van der Waals surface area contributed by atoms with Gasteiger partial charge in [-0.05, 0) is 88.4 Å². The number of anilines is 1. The molecule has 1 atom stereocenters. The van der Waals surface area contributed by atoms with Gasteiger partial charge in [-0.3, -0.25) is 4.72 Å². The average Bonchev–Trinajstić information content (AvgIpc) is 2.81. The number of aromatic carboxylic acids is 1. The number of carbonyl (C=O) groups is 2. The van der Waals surface area contributed by atoms with E-state index in [0.717, 1.165) is 33.0 Å². The van der Waals surface area contributed by atoms with Crippen LogP contribution in [0.3, 0.4) is 0 Å². The maximum Gasteiger partial charge on any atom is 0.407 e. The molecule has 0 aliphatic carbocycles. The van der Waals surface area contributed by atoms with Crippen LogP contribution in [0.2, 0.25) is 0 Å². The van der Waals surface area contributed by atoms with Gasteiger partial charge in [0.25, 0.3) is 0 Å². The van der Waals surface area contributed by atoms with Crippen LogP contribution in [-0.4, -0.2) is 39.3 Å². The number of carboxylic acid groups (broad SMARTS) is 1. The highest BCUT2D eigenvalue weighted by Crippen LogP contribution is 2.30. The van der Waals surface area contributed by atoms with Crippen LogP contribution < -0.4 is 10.0 Å². The zero-order valence-corrected chi connectivity index (χ0v) is 22.9. The molecule has 1 unspecified atom stereocenters. The normalized spacial score (nSPS) is 12.1. The monoisotopic (exact) mass is 522 g/mol. The molecule has 196 valence electrons. The Morgan fingerprint density at radius 3 is 2.38 bits per heavy atom. The smallest absolute Gasteiger partial charge is 0.407 e.